The summed E-state index contributed by atoms with van der Waals surface area (Å²) in [7, 11) is -3.59. The van der Waals surface area contributed by atoms with Crippen molar-refractivity contribution in [2.45, 2.75) is 13.0 Å². The van der Waals surface area contributed by atoms with Crippen molar-refractivity contribution in [3.63, 3.8) is 0 Å². The molecule has 0 unspecified atom stereocenters. The van der Waals surface area contributed by atoms with Gasteiger partial charge in [0, 0.05) is 6.04 Å². The highest BCUT2D eigenvalue weighted by Crippen LogP contribution is 1.86. The number of hydrogen-bond acceptors (Lipinski definition) is 3. The van der Waals surface area contributed by atoms with E-state index in [1.54, 1.807) is 0 Å². The molecule has 0 aliphatic carbocycles. The van der Waals surface area contributed by atoms with E-state index in [9.17, 15) is 13.2 Å². The van der Waals surface area contributed by atoms with Crippen LogP contribution < -0.4 is 10.5 Å². The van der Waals surface area contributed by atoms with E-state index in [-0.39, 0.29) is 5.75 Å². The smallest absolute Gasteiger partial charge is 0.404 e. The summed E-state index contributed by atoms with van der Waals surface area (Å²) in [5.74, 6) is -0.390. The zero-order valence-electron chi connectivity index (χ0n) is 5.94. The summed E-state index contributed by atoms with van der Waals surface area (Å²) in [5, 5.41) is 14.7. The molecule has 1 amide bonds. The van der Waals surface area contributed by atoms with Gasteiger partial charge in [0.25, 0.3) is 0 Å². The number of nitrogens with one attached hydrogen (secondary N) is 1. The van der Waals surface area contributed by atoms with Crippen LogP contribution in [0, 0.1) is 0 Å². The third kappa shape index (κ3) is 7.07. The Bertz CT molecular complexity index is 234. The number of carbonyl (C=O) groups is 1. The lowest BCUT2D eigenvalue weighted by molar-refractivity contribution is 0.192. The first-order chi connectivity index (χ1) is 4.81. The second kappa shape index (κ2) is 3.54. The van der Waals surface area contributed by atoms with Gasteiger partial charge >= 0.3 is 6.09 Å². The monoisotopic (exact) mass is 182 g/mol. The average Bonchev–Trinajstić information content (AvgIpc) is 1.53. The van der Waals surface area contributed by atoms with Gasteiger partial charge in [-0.1, -0.05) is 0 Å². The fourth-order valence-electron chi connectivity index (χ4n) is 0.601. The molecule has 7 heteroatoms. The average molecular weight is 182 g/mol. The molecule has 6 nitrogen and oxygen atoms in total. The van der Waals surface area contributed by atoms with E-state index in [0.29, 0.717) is 0 Å². The third-order valence-electron chi connectivity index (χ3n) is 0.852. The number of hydrogen-bond donors (Lipinski definition) is 3. The molecule has 0 fully saturated rings. The lowest BCUT2D eigenvalue weighted by atomic mass is 10.4. The van der Waals surface area contributed by atoms with Crippen molar-refractivity contribution in [2.24, 2.45) is 5.14 Å². The summed E-state index contributed by atoms with van der Waals surface area (Å²) in [5.41, 5.74) is 0. The van der Waals surface area contributed by atoms with E-state index in [1.807, 2.05) is 5.32 Å². The summed E-state index contributed by atoms with van der Waals surface area (Å²) in [6.07, 6.45) is -1.26. The summed E-state index contributed by atoms with van der Waals surface area (Å²) in [6.45, 7) is 1.42. The van der Waals surface area contributed by atoms with Gasteiger partial charge < -0.3 is 10.4 Å². The normalized spacial score (nSPS) is 14.0. The Balaban J connectivity index is 3.89. The van der Waals surface area contributed by atoms with E-state index in [2.05, 4.69) is 5.14 Å². The fraction of sp³-hybridized carbons (Fsp3) is 0.750. The van der Waals surface area contributed by atoms with Crippen LogP contribution in [0.1, 0.15) is 6.92 Å². The molecule has 0 saturated heterocycles. The number of carboxylic acid groups (broad SMARTS) is 1. The molecular weight excluding hydrogens is 172 g/mol. The molecular formula is C4H10N2O4S. The van der Waals surface area contributed by atoms with Crippen molar-refractivity contribution in [1.29, 1.82) is 0 Å². The highest BCUT2D eigenvalue weighted by molar-refractivity contribution is 7.89. The summed E-state index contributed by atoms with van der Waals surface area (Å²) in [6, 6.07) is -0.678. The maximum Gasteiger partial charge on any atom is 0.404 e. The van der Waals surface area contributed by atoms with Gasteiger partial charge in [0.2, 0.25) is 10.0 Å². The van der Waals surface area contributed by atoms with Crippen LogP contribution in [0.4, 0.5) is 4.79 Å². The molecule has 11 heavy (non-hydrogen) atoms. The minimum atomic E-state index is -3.59. The van der Waals surface area contributed by atoms with E-state index < -0.39 is 22.2 Å². The Morgan fingerprint density at radius 3 is 2.45 bits per heavy atom. The van der Waals surface area contributed by atoms with Gasteiger partial charge in [-0.05, 0) is 6.92 Å². The van der Waals surface area contributed by atoms with E-state index in [4.69, 9.17) is 5.11 Å². The first kappa shape index (κ1) is 10.2. The maximum atomic E-state index is 10.4. The zero-order valence-corrected chi connectivity index (χ0v) is 6.76. The van der Waals surface area contributed by atoms with Gasteiger partial charge in [0.1, 0.15) is 0 Å². The largest absolute Gasteiger partial charge is 0.465 e. The lowest BCUT2D eigenvalue weighted by Gasteiger charge is -2.08. The predicted octanol–water partition coefficient (Wildman–Crippen LogP) is -1.07. The van der Waals surface area contributed by atoms with Crippen LogP contribution in [-0.2, 0) is 10.0 Å². The van der Waals surface area contributed by atoms with Crippen molar-refractivity contribution in [3.8, 4) is 0 Å². The van der Waals surface area contributed by atoms with Crippen molar-refractivity contribution < 1.29 is 18.3 Å². The van der Waals surface area contributed by atoms with Crippen molar-refractivity contribution in [1.82, 2.24) is 5.32 Å². The number of amides is 1. The van der Waals surface area contributed by atoms with Gasteiger partial charge in [-0.2, -0.15) is 0 Å². The van der Waals surface area contributed by atoms with Crippen LogP contribution in [0.2, 0.25) is 0 Å². The Morgan fingerprint density at radius 2 is 2.18 bits per heavy atom. The third-order valence-corrected chi connectivity index (χ3v) is 1.82. The van der Waals surface area contributed by atoms with Crippen molar-refractivity contribution >= 4 is 16.1 Å². The molecule has 4 N–H and O–H groups in total. The van der Waals surface area contributed by atoms with Crippen LogP contribution in [-0.4, -0.2) is 31.4 Å². The Kier molecular flexibility index (Phi) is 3.27. The Labute approximate surface area is 64.4 Å². The van der Waals surface area contributed by atoms with E-state index in [1.165, 1.54) is 6.92 Å². The minimum absolute atomic E-state index is 0.390. The molecule has 0 aromatic carbocycles. The van der Waals surface area contributed by atoms with E-state index in [0.717, 1.165) is 0 Å². The van der Waals surface area contributed by atoms with Gasteiger partial charge in [0.15, 0.2) is 0 Å². The second-order valence-corrected chi connectivity index (χ2v) is 3.84. The van der Waals surface area contributed by atoms with Crippen LogP contribution in [0.3, 0.4) is 0 Å². The summed E-state index contributed by atoms with van der Waals surface area (Å²) < 4.78 is 20.7. The second-order valence-electron chi connectivity index (χ2n) is 2.18. The van der Waals surface area contributed by atoms with Gasteiger partial charge in [-0.3, -0.25) is 0 Å². The van der Waals surface area contributed by atoms with Crippen LogP contribution in [0.5, 0.6) is 0 Å². The fourth-order valence-corrected chi connectivity index (χ4v) is 1.38. The molecule has 0 aromatic rings. The molecule has 0 saturated carbocycles. The van der Waals surface area contributed by atoms with Gasteiger partial charge in [0.05, 0.1) is 5.75 Å². The quantitative estimate of drug-likeness (QED) is 0.516. The molecule has 0 spiro atoms. The van der Waals surface area contributed by atoms with Crippen molar-refractivity contribution in [3.05, 3.63) is 0 Å². The molecule has 0 aliphatic rings. The number of primary sulfonamides is 1. The maximum absolute atomic E-state index is 10.4. The zero-order chi connectivity index (χ0) is 9.07. The molecule has 0 bridgehead atoms. The van der Waals surface area contributed by atoms with Crippen LogP contribution in [0.15, 0.2) is 0 Å². The molecule has 0 rings (SSSR count). The Morgan fingerprint density at radius 1 is 1.73 bits per heavy atom. The first-order valence-electron chi connectivity index (χ1n) is 2.81. The summed E-state index contributed by atoms with van der Waals surface area (Å²) >= 11 is 0. The molecule has 1 atom stereocenters. The molecule has 0 aliphatic heterocycles. The molecule has 0 radical (unpaired) electrons. The topological polar surface area (TPSA) is 109 Å². The molecule has 0 aromatic heterocycles. The highest BCUT2D eigenvalue weighted by Gasteiger charge is 2.11. The van der Waals surface area contributed by atoms with Crippen LogP contribution in [0.25, 0.3) is 0 Å². The van der Waals surface area contributed by atoms with Gasteiger partial charge in [-0.15, -0.1) is 0 Å². The van der Waals surface area contributed by atoms with E-state index >= 15 is 0 Å². The molecule has 66 valence electrons. The summed E-state index contributed by atoms with van der Waals surface area (Å²) in [4.78, 5) is 9.95. The van der Waals surface area contributed by atoms with Gasteiger partial charge in [-0.25, -0.2) is 18.4 Å². The standard InChI is InChI=1S/C4H10N2O4S/c1-3(6-4(7)8)2-11(5,9)10/h3,6H,2H2,1H3,(H,7,8)(H2,5,9,10)/t3-/m0/s1. The molecule has 0 heterocycles. The van der Waals surface area contributed by atoms with Crippen molar-refractivity contribution in [2.75, 3.05) is 5.75 Å². The Hall–Kier alpha value is -0.820. The number of nitrogens with two attached hydrogens (primary N) is 1. The van der Waals surface area contributed by atoms with Crippen LogP contribution >= 0.6 is 0 Å². The minimum Gasteiger partial charge on any atom is -0.465 e. The lowest BCUT2D eigenvalue weighted by Crippen LogP contribution is -2.38. The number of sulfonamides is 1. The first-order valence-corrected chi connectivity index (χ1v) is 4.53. The number of rotatable bonds is 3. The highest BCUT2D eigenvalue weighted by atomic mass is 32.2. The SMILES string of the molecule is C[C@@H](CS(N)(=O)=O)NC(=O)O. The predicted molar refractivity (Wildman–Crippen MR) is 38.6 cm³/mol.